The molecule has 53 heavy (non-hydrogen) atoms. The average molecular weight is 695 g/mol. The van der Waals surface area contributed by atoms with E-state index in [1.54, 1.807) is 0 Å². The molecule has 0 spiro atoms. The number of thiophene rings is 1. The number of aromatic nitrogens is 2. The first-order valence-electron chi connectivity index (χ1n) is 18.1. The Labute approximate surface area is 308 Å². The maximum Gasteiger partial charge on any atom is 0.135 e. The largest absolute Gasteiger partial charge is 0.456 e. The number of benzene rings is 8. The summed E-state index contributed by atoms with van der Waals surface area (Å²) in [5.74, 6) is 0. The second-order valence-electron chi connectivity index (χ2n) is 14.2. The molecule has 0 aliphatic carbocycles. The molecule has 12 rings (SSSR count). The van der Waals surface area contributed by atoms with Gasteiger partial charge in [0.15, 0.2) is 0 Å². The lowest BCUT2D eigenvalue weighted by molar-refractivity contribution is 0.669. The zero-order valence-electron chi connectivity index (χ0n) is 28.8. The van der Waals surface area contributed by atoms with E-state index in [0.717, 1.165) is 27.6 Å². The topological polar surface area (TPSA) is 23.0 Å². The van der Waals surface area contributed by atoms with Gasteiger partial charge in [-0.05, 0) is 109 Å². The van der Waals surface area contributed by atoms with Gasteiger partial charge in [0.2, 0.25) is 0 Å². The molecular weight excluding hydrogens is 665 g/mol. The van der Waals surface area contributed by atoms with Crippen LogP contribution in [0.2, 0.25) is 0 Å². The van der Waals surface area contributed by atoms with Crippen molar-refractivity contribution in [2.45, 2.75) is 6.92 Å². The molecule has 4 heterocycles. The monoisotopic (exact) mass is 694 g/mol. The SMILES string of the molecule is Cc1ccc2c3ccccc3n(-c3ccc4oc5ccc(-c6ccc7sc8ccc(-n9c%10ccccc%10c%10ccccc%109)cc8c7c6)cc5c4c3)c2c1. The van der Waals surface area contributed by atoms with Gasteiger partial charge in [-0.1, -0.05) is 78.9 Å². The van der Waals surface area contributed by atoms with Crippen molar-refractivity contribution in [3.8, 4) is 22.5 Å². The van der Waals surface area contributed by atoms with Crippen molar-refractivity contribution in [2.24, 2.45) is 0 Å². The Balaban J connectivity index is 1.01. The van der Waals surface area contributed by atoms with Crippen molar-refractivity contribution in [1.29, 1.82) is 0 Å². The lowest BCUT2D eigenvalue weighted by Crippen LogP contribution is -1.93. The average Bonchev–Trinajstić information content (AvgIpc) is 3.94. The molecule has 0 amide bonds. The van der Waals surface area contributed by atoms with Gasteiger partial charge >= 0.3 is 0 Å². The number of hydrogen-bond acceptors (Lipinski definition) is 2. The van der Waals surface area contributed by atoms with Crippen molar-refractivity contribution in [2.75, 3.05) is 0 Å². The molecule has 12 aromatic rings. The van der Waals surface area contributed by atoms with Gasteiger partial charge in [-0.15, -0.1) is 11.3 Å². The van der Waals surface area contributed by atoms with E-state index in [1.807, 2.05) is 11.3 Å². The molecule has 4 aromatic heterocycles. The van der Waals surface area contributed by atoms with E-state index < -0.39 is 0 Å². The van der Waals surface area contributed by atoms with Gasteiger partial charge in [-0.25, -0.2) is 0 Å². The Morgan fingerprint density at radius 3 is 1.53 bits per heavy atom. The van der Waals surface area contributed by atoms with Crippen LogP contribution in [0.25, 0.3) is 108 Å². The summed E-state index contributed by atoms with van der Waals surface area (Å²) in [6.45, 7) is 2.16. The number of furan rings is 1. The Hall–Kier alpha value is -6.62. The van der Waals surface area contributed by atoms with Crippen molar-refractivity contribution < 1.29 is 4.42 Å². The Bertz CT molecular complexity index is 3430. The fourth-order valence-corrected chi connectivity index (χ4v) is 9.79. The van der Waals surface area contributed by atoms with E-state index in [-0.39, 0.29) is 0 Å². The maximum absolute atomic E-state index is 6.42. The summed E-state index contributed by atoms with van der Waals surface area (Å²) in [6.07, 6.45) is 0. The molecule has 0 radical (unpaired) electrons. The molecular formula is C49H30N2OS. The molecule has 4 heteroatoms. The minimum Gasteiger partial charge on any atom is -0.456 e. The van der Waals surface area contributed by atoms with Crippen molar-refractivity contribution in [3.63, 3.8) is 0 Å². The van der Waals surface area contributed by atoms with E-state index in [1.165, 1.54) is 86.2 Å². The summed E-state index contributed by atoms with van der Waals surface area (Å²) >= 11 is 1.86. The minimum atomic E-state index is 0.898. The first kappa shape index (κ1) is 29.0. The lowest BCUT2D eigenvalue weighted by Gasteiger charge is -2.09. The lowest BCUT2D eigenvalue weighted by atomic mass is 10.0. The predicted octanol–water partition coefficient (Wildman–Crippen LogP) is 14.1. The molecule has 8 aromatic carbocycles. The van der Waals surface area contributed by atoms with Crippen LogP contribution in [0.15, 0.2) is 168 Å². The van der Waals surface area contributed by atoms with Crippen LogP contribution in [-0.2, 0) is 0 Å². The van der Waals surface area contributed by atoms with Crippen LogP contribution in [-0.4, -0.2) is 9.13 Å². The van der Waals surface area contributed by atoms with Gasteiger partial charge in [-0.3, -0.25) is 0 Å². The first-order chi connectivity index (χ1) is 26.2. The summed E-state index contributed by atoms with van der Waals surface area (Å²) in [5, 5.41) is 9.90. The Morgan fingerprint density at radius 1 is 0.377 bits per heavy atom. The van der Waals surface area contributed by atoms with E-state index in [2.05, 4.69) is 180 Å². The highest BCUT2D eigenvalue weighted by Crippen LogP contribution is 2.41. The third-order valence-electron chi connectivity index (χ3n) is 11.2. The summed E-state index contributed by atoms with van der Waals surface area (Å²) in [5.41, 5.74) is 12.6. The molecule has 3 nitrogen and oxygen atoms in total. The second-order valence-corrected chi connectivity index (χ2v) is 15.3. The van der Waals surface area contributed by atoms with E-state index in [9.17, 15) is 0 Å². The van der Waals surface area contributed by atoms with Crippen molar-refractivity contribution >= 4 is 97.1 Å². The third-order valence-corrected chi connectivity index (χ3v) is 12.3. The zero-order valence-corrected chi connectivity index (χ0v) is 29.6. The van der Waals surface area contributed by atoms with Crippen LogP contribution in [0, 0.1) is 6.92 Å². The number of para-hydroxylation sites is 3. The van der Waals surface area contributed by atoms with E-state index in [4.69, 9.17) is 4.42 Å². The first-order valence-corrected chi connectivity index (χ1v) is 18.9. The number of hydrogen-bond donors (Lipinski definition) is 0. The summed E-state index contributed by atoms with van der Waals surface area (Å²) in [6, 6.07) is 60.0. The number of aryl methyl sites for hydroxylation is 1. The fourth-order valence-electron chi connectivity index (χ4n) is 8.73. The van der Waals surface area contributed by atoms with Crippen LogP contribution in [0.3, 0.4) is 0 Å². The normalized spacial score (nSPS) is 12.2. The molecule has 0 atom stereocenters. The van der Waals surface area contributed by atoms with Gasteiger partial charge in [0.1, 0.15) is 11.2 Å². The minimum absolute atomic E-state index is 0.898. The highest BCUT2D eigenvalue weighted by Gasteiger charge is 2.17. The van der Waals surface area contributed by atoms with Gasteiger partial charge in [0.25, 0.3) is 0 Å². The number of fused-ring (bicyclic) bond motifs is 12. The third kappa shape index (κ3) is 4.15. The van der Waals surface area contributed by atoms with Crippen molar-refractivity contribution in [1.82, 2.24) is 9.13 Å². The second kappa shape index (κ2) is 10.7. The molecule has 0 aliphatic heterocycles. The summed E-state index contributed by atoms with van der Waals surface area (Å²) in [4.78, 5) is 0. The molecule has 0 fully saturated rings. The Morgan fingerprint density at radius 2 is 0.849 bits per heavy atom. The smallest absolute Gasteiger partial charge is 0.135 e. The van der Waals surface area contributed by atoms with Gasteiger partial charge in [-0.2, -0.15) is 0 Å². The molecule has 0 N–H and O–H groups in total. The van der Waals surface area contributed by atoms with Crippen LogP contribution >= 0.6 is 11.3 Å². The fraction of sp³-hybridized carbons (Fsp3) is 0.0204. The standard InChI is InChI=1S/C49H30N2OS/c1-29-14-19-37-36-10-4-7-13-44(36)51(45(37)24-29)32-17-21-47-39(27-32)38-25-30(15-20-46(38)52-47)31-16-22-48-40(26-31)41-28-33(18-23-49(41)53-48)50-42-11-5-2-8-34(42)35-9-3-6-12-43(35)50/h2-28H,1H3. The van der Waals surface area contributed by atoms with E-state index >= 15 is 0 Å². The van der Waals surface area contributed by atoms with Crippen molar-refractivity contribution in [3.05, 3.63) is 169 Å². The highest BCUT2D eigenvalue weighted by atomic mass is 32.1. The molecule has 0 unspecified atom stereocenters. The zero-order chi connectivity index (χ0) is 34.8. The molecule has 248 valence electrons. The van der Waals surface area contributed by atoms with Gasteiger partial charge < -0.3 is 13.6 Å². The molecule has 0 bridgehead atoms. The molecule has 0 aliphatic rings. The van der Waals surface area contributed by atoms with Crippen LogP contribution < -0.4 is 0 Å². The summed E-state index contributed by atoms with van der Waals surface area (Å²) in [7, 11) is 0. The van der Waals surface area contributed by atoms with Crippen LogP contribution in [0.1, 0.15) is 5.56 Å². The van der Waals surface area contributed by atoms with Crippen LogP contribution in [0.4, 0.5) is 0 Å². The highest BCUT2D eigenvalue weighted by molar-refractivity contribution is 7.25. The van der Waals surface area contributed by atoms with E-state index in [0.29, 0.717) is 0 Å². The molecule has 0 saturated carbocycles. The quantitative estimate of drug-likeness (QED) is 0.181. The molecule has 0 saturated heterocycles. The number of rotatable bonds is 3. The van der Waals surface area contributed by atoms with Crippen LogP contribution in [0.5, 0.6) is 0 Å². The Kier molecular flexibility index (Phi) is 5.86. The van der Waals surface area contributed by atoms with Gasteiger partial charge in [0, 0.05) is 63.9 Å². The number of nitrogens with zero attached hydrogens (tertiary/aromatic N) is 2. The predicted molar refractivity (Wildman–Crippen MR) is 225 cm³/mol. The van der Waals surface area contributed by atoms with Gasteiger partial charge in [0.05, 0.1) is 22.1 Å². The maximum atomic E-state index is 6.42. The summed E-state index contributed by atoms with van der Waals surface area (Å²) < 4.78 is 13.8.